The van der Waals surface area contributed by atoms with E-state index in [-0.39, 0.29) is 60.5 Å². The molecule has 1 aromatic rings. The number of imide groups is 1. The molecule has 5 heterocycles. The van der Waals surface area contributed by atoms with Crippen LogP contribution in [0, 0.1) is 23.7 Å². The number of alkyl halides is 1. The van der Waals surface area contributed by atoms with Crippen molar-refractivity contribution in [1.82, 2.24) is 9.80 Å². The number of aliphatic hydroxyl groups excluding tert-OH is 1. The van der Waals surface area contributed by atoms with Crippen molar-refractivity contribution in [2.24, 2.45) is 23.7 Å². The van der Waals surface area contributed by atoms with Crippen molar-refractivity contribution < 1.29 is 24.2 Å². The maximum absolute atomic E-state index is 13.3. The molecule has 0 radical (unpaired) electrons. The third kappa shape index (κ3) is 3.58. The first kappa shape index (κ1) is 23.3. The third-order valence-electron chi connectivity index (χ3n) is 8.65. The molecule has 9 heteroatoms. The summed E-state index contributed by atoms with van der Waals surface area (Å²) < 4.78 is 11.6. The zero-order valence-electron chi connectivity index (χ0n) is 19.2. The average molecular weight is 552 g/mol. The molecule has 34 heavy (non-hydrogen) atoms. The fourth-order valence-electron chi connectivity index (χ4n) is 7.11. The quantitative estimate of drug-likeness (QED) is 0.333. The first-order valence-electron chi connectivity index (χ1n) is 12.3. The highest BCUT2D eigenvalue weighted by Crippen LogP contribution is 2.57. The second kappa shape index (κ2) is 9.09. The number of fused-ring (bicyclic) bond motifs is 2. The first-order chi connectivity index (χ1) is 16.5. The minimum atomic E-state index is -0.326. The number of carbonyl (C=O) groups is 2. The second-order valence-electron chi connectivity index (χ2n) is 10.3. The van der Waals surface area contributed by atoms with Gasteiger partial charge in [-0.05, 0) is 43.0 Å². The summed E-state index contributed by atoms with van der Waals surface area (Å²) in [4.78, 5) is 32.0. The van der Waals surface area contributed by atoms with Crippen LogP contribution in [0.2, 0.25) is 0 Å². The molecule has 9 atom stereocenters. The smallest absolute Gasteiger partial charge is 0.234 e. The van der Waals surface area contributed by atoms with Crippen LogP contribution in [0.3, 0.4) is 0 Å². The molecule has 2 bridgehead atoms. The number of nitrogens with zero attached hydrogens (tertiary/aromatic N) is 2. The maximum Gasteiger partial charge on any atom is 0.234 e. The molecule has 2 aliphatic carbocycles. The summed E-state index contributed by atoms with van der Waals surface area (Å²) in [6.45, 7) is 1.34. The normalized spacial score (nSPS) is 41.7. The summed E-state index contributed by atoms with van der Waals surface area (Å²) in [6, 6.07) is 4.19. The van der Waals surface area contributed by atoms with Crippen molar-refractivity contribution in [2.75, 3.05) is 27.0 Å². The molecule has 0 aromatic carbocycles. The Bertz CT molecular complexity index is 986. The molecule has 1 saturated carbocycles. The van der Waals surface area contributed by atoms with Gasteiger partial charge in [0.25, 0.3) is 0 Å². The zero-order chi connectivity index (χ0) is 23.6. The zero-order valence-corrected chi connectivity index (χ0v) is 21.6. The fourth-order valence-corrected chi connectivity index (χ4v) is 8.76. The lowest BCUT2D eigenvalue weighted by Gasteiger charge is -2.55. The molecule has 7 nitrogen and oxygen atoms in total. The Morgan fingerprint density at radius 3 is 2.65 bits per heavy atom. The number of hydrogen-bond acceptors (Lipinski definition) is 7. The van der Waals surface area contributed by atoms with Gasteiger partial charge in [-0.1, -0.05) is 33.6 Å². The highest BCUT2D eigenvalue weighted by atomic mass is 79.9. The van der Waals surface area contributed by atoms with E-state index in [0.29, 0.717) is 24.0 Å². The van der Waals surface area contributed by atoms with Crippen LogP contribution >= 0.6 is 27.3 Å². The SMILES string of the molecule is CN1C(=O)C2C(C1=O)C1C=C(CCCO)C2C(c2cccs2)N1CC1CC2OCOC2CC1Br. The summed E-state index contributed by atoms with van der Waals surface area (Å²) in [6.07, 6.45) is 5.84. The minimum Gasteiger partial charge on any atom is -0.396 e. The second-order valence-corrected chi connectivity index (χ2v) is 12.5. The van der Waals surface area contributed by atoms with Crippen LogP contribution < -0.4 is 0 Å². The molecule has 2 amide bonds. The van der Waals surface area contributed by atoms with Gasteiger partial charge in [-0.2, -0.15) is 0 Å². The Morgan fingerprint density at radius 1 is 1.15 bits per heavy atom. The molecule has 4 fully saturated rings. The van der Waals surface area contributed by atoms with Gasteiger partial charge < -0.3 is 14.6 Å². The predicted octanol–water partition coefficient (Wildman–Crippen LogP) is 2.95. The van der Waals surface area contributed by atoms with Gasteiger partial charge in [0, 0.05) is 41.9 Å². The van der Waals surface area contributed by atoms with Gasteiger partial charge in [0.1, 0.15) is 6.79 Å². The van der Waals surface area contributed by atoms with Gasteiger partial charge in [-0.15, -0.1) is 11.3 Å². The van der Waals surface area contributed by atoms with E-state index in [0.717, 1.165) is 25.8 Å². The van der Waals surface area contributed by atoms with E-state index in [1.54, 1.807) is 18.4 Å². The Morgan fingerprint density at radius 2 is 1.91 bits per heavy atom. The molecule has 184 valence electrons. The summed E-state index contributed by atoms with van der Waals surface area (Å²) in [5.41, 5.74) is 1.23. The van der Waals surface area contributed by atoms with Crippen LogP contribution in [-0.4, -0.2) is 76.8 Å². The molecule has 7 rings (SSSR count). The van der Waals surface area contributed by atoms with E-state index in [2.05, 4.69) is 44.4 Å². The first-order valence-corrected chi connectivity index (χ1v) is 14.1. The number of aliphatic hydroxyl groups is 1. The molecule has 6 aliphatic rings. The van der Waals surface area contributed by atoms with Crippen molar-refractivity contribution >= 4 is 39.1 Å². The summed E-state index contributed by atoms with van der Waals surface area (Å²) in [5.74, 6) is -0.417. The van der Waals surface area contributed by atoms with Gasteiger partial charge >= 0.3 is 0 Å². The summed E-state index contributed by atoms with van der Waals surface area (Å²) >= 11 is 5.67. The number of halogens is 1. The van der Waals surface area contributed by atoms with Crippen molar-refractivity contribution in [2.45, 2.75) is 54.8 Å². The molecule has 4 aliphatic heterocycles. The number of hydrogen-bond donors (Lipinski definition) is 1. The van der Waals surface area contributed by atoms with Crippen molar-refractivity contribution in [3.63, 3.8) is 0 Å². The van der Waals surface area contributed by atoms with Crippen LogP contribution in [0.15, 0.2) is 29.2 Å². The minimum absolute atomic E-state index is 0.0437. The molecule has 9 unspecified atom stereocenters. The van der Waals surface area contributed by atoms with Crippen LogP contribution in [0.25, 0.3) is 0 Å². The summed E-state index contributed by atoms with van der Waals surface area (Å²) in [5, 5.41) is 11.6. The molecular formula is C25H31BrN2O5S. The molecule has 0 spiro atoms. The molecule has 3 saturated heterocycles. The molecule has 1 N–H and O–H groups in total. The standard InChI is InChI=1S/C25H31BrN2O5S/c1-27-24(30)21-16-8-13(4-2-6-29)20(22(21)25(27)31)23(19-5-3-7-34-19)28(16)11-14-9-17-18(10-15(14)26)33-12-32-17/h3,5,7-8,14-18,20-23,29H,2,4,6,9-12H2,1H3. The van der Waals surface area contributed by atoms with E-state index >= 15 is 0 Å². The van der Waals surface area contributed by atoms with Crippen LogP contribution in [0.1, 0.15) is 36.6 Å². The summed E-state index contributed by atoms with van der Waals surface area (Å²) in [7, 11) is 1.63. The van der Waals surface area contributed by atoms with Gasteiger partial charge in [-0.25, -0.2) is 0 Å². The Kier molecular flexibility index (Phi) is 6.23. The Hall–Kier alpha value is -1.10. The van der Waals surface area contributed by atoms with Crippen molar-refractivity contribution in [3.05, 3.63) is 34.0 Å². The van der Waals surface area contributed by atoms with Gasteiger partial charge in [0.15, 0.2) is 0 Å². The number of carbonyl (C=O) groups excluding carboxylic acids is 2. The lowest BCUT2D eigenvalue weighted by Crippen LogP contribution is -2.60. The lowest BCUT2D eigenvalue weighted by atomic mass is 9.61. The third-order valence-corrected chi connectivity index (χ3v) is 10.7. The van der Waals surface area contributed by atoms with Gasteiger partial charge in [0.05, 0.1) is 30.1 Å². The number of piperidine rings is 1. The van der Waals surface area contributed by atoms with Crippen LogP contribution in [-0.2, 0) is 19.1 Å². The fraction of sp³-hybridized carbons (Fsp3) is 0.680. The number of thiophene rings is 1. The van der Waals surface area contributed by atoms with Crippen molar-refractivity contribution in [1.29, 1.82) is 0 Å². The lowest BCUT2D eigenvalue weighted by molar-refractivity contribution is -0.138. The van der Waals surface area contributed by atoms with Crippen LogP contribution in [0.4, 0.5) is 0 Å². The van der Waals surface area contributed by atoms with E-state index in [4.69, 9.17) is 9.47 Å². The predicted molar refractivity (Wildman–Crippen MR) is 130 cm³/mol. The van der Waals surface area contributed by atoms with Gasteiger partial charge in [0.2, 0.25) is 11.8 Å². The average Bonchev–Trinajstić information content (AvgIpc) is 3.57. The van der Waals surface area contributed by atoms with Crippen LogP contribution in [0.5, 0.6) is 0 Å². The number of likely N-dealkylation sites (tertiary alicyclic amines) is 1. The molecule has 1 aromatic heterocycles. The largest absolute Gasteiger partial charge is 0.396 e. The van der Waals surface area contributed by atoms with E-state index in [1.807, 2.05) is 0 Å². The van der Waals surface area contributed by atoms with E-state index < -0.39 is 0 Å². The Labute approximate surface area is 212 Å². The van der Waals surface area contributed by atoms with E-state index in [1.165, 1.54) is 15.4 Å². The Balaban J connectivity index is 1.39. The monoisotopic (exact) mass is 550 g/mol. The number of rotatable bonds is 6. The highest BCUT2D eigenvalue weighted by molar-refractivity contribution is 9.09. The van der Waals surface area contributed by atoms with Gasteiger partial charge in [-0.3, -0.25) is 19.4 Å². The number of ether oxygens (including phenoxy) is 2. The highest BCUT2D eigenvalue weighted by Gasteiger charge is 2.63. The number of amides is 2. The van der Waals surface area contributed by atoms with Crippen molar-refractivity contribution in [3.8, 4) is 0 Å². The van der Waals surface area contributed by atoms with E-state index in [9.17, 15) is 14.7 Å². The maximum atomic E-state index is 13.3. The molecular weight excluding hydrogens is 520 g/mol. The topological polar surface area (TPSA) is 79.3 Å².